The molecule has 3 amide bonds. The fraction of sp³-hybridized carbons (Fsp3) is 0.524. The maximum absolute atomic E-state index is 12.5. The van der Waals surface area contributed by atoms with Crippen molar-refractivity contribution in [3.63, 3.8) is 0 Å². The molecule has 5 rings (SSSR count). The van der Waals surface area contributed by atoms with Gasteiger partial charge in [-0.15, -0.1) is 0 Å². The number of amides is 3. The van der Waals surface area contributed by atoms with Crippen LogP contribution in [0, 0.1) is 23.2 Å². The minimum atomic E-state index is -0.619. The second-order valence-electron chi connectivity index (χ2n) is 8.58. The van der Waals surface area contributed by atoms with Crippen LogP contribution >= 0.6 is 0 Å². The number of rotatable bonds is 4. The Bertz CT molecular complexity index is 733. The van der Waals surface area contributed by atoms with E-state index in [2.05, 4.69) is 17.6 Å². The lowest BCUT2D eigenvalue weighted by Gasteiger charge is -2.57. The van der Waals surface area contributed by atoms with Crippen molar-refractivity contribution >= 4 is 23.3 Å². The molecule has 0 radical (unpaired) electrons. The topological polar surface area (TPSA) is 84.2 Å². The van der Waals surface area contributed by atoms with Gasteiger partial charge in [0.1, 0.15) is 0 Å². The maximum atomic E-state index is 12.5. The van der Waals surface area contributed by atoms with Gasteiger partial charge in [0.05, 0.1) is 0 Å². The van der Waals surface area contributed by atoms with E-state index in [1.54, 1.807) is 30.3 Å². The van der Waals surface area contributed by atoms with Crippen LogP contribution in [0.5, 0.6) is 0 Å². The van der Waals surface area contributed by atoms with Crippen molar-refractivity contribution in [3.05, 3.63) is 35.9 Å². The minimum absolute atomic E-state index is 0.102. The van der Waals surface area contributed by atoms with E-state index >= 15 is 0 Å². The van der Waals surface area contributed by atoms with Gasteiger partial charge in [0.15, 0.2) is 0 Å². The van der Waals surface area contributed by atoms with Gasteiger partial charge in [-0.05, 0) is 86.8 Å². The number of nitrogens with one attached hydrogen (secondary N) is 2. The highest BCUT2D eigenvalue weighted by Crippen LogP contribution is 2.62. The van der Waals surface area contributed by atoms with Crippen LogP contribution in [0.2, 0.25) is 0 Å². The summed E-state index contributed by atoms with van der Waals surface area (Å²) in [4.78, 5) is 23.5. The molecule has 26 heavy (non-hydrogen) atoms. The lowest BCUT2D eigenvalue weighted by atomic mass is 9.48. The summed E-state index contributed by atoms with van der Waals surface area (Å²) < 4.78 is 0. The molecule has 4 N–H and O–H groups in total. The summed E-state index contributed by atoms with van der Waals surface area (Å²) in [5.74, 6) is 2.49. The zero-order valence-corrected chi connectivity index (χ0v) is 15.3. The van der Waals surface area contributed by atoms with Gasteiger partial charge in [0.25, 0.3) is 0 Å². The van der Waals surface area contributed by atoms with Gasteiger partial charge in [-0.1, -0.05) is 11.6 Å². The molecule has 1 aromatic carbocycles. The summed E-state index contributed by atoms with van der Waals surface area (Å²) in [6.07, 6.45) is 9.77. The summed E-state index contributed by atoms with van der Waals surface area (Å²) in [5, 5.41) is 5.43. The fourth-order valence-electron chi connectivity index (χ4n) is 5.94. The molecule has 4 aliphatic rings. The molecule has 0 saturated heterocycles. The summed E-state index contributed by atoms with van der Waals surface area (Å²) >= 11 is 0. The molecular weight excluding hydrogens is 326 g/mol. The number of hydrogen-bond donors (Lipinski definition) is 3. The highest BCUT2D eigenvalue weighted by Gasteiger charge is 2.51. The first-order valence-corrected chi connectivity index (χ1v) is 9.58. The number of nitrogens with two attached hydrogens (primary N) is 1. The van der Waals surface area contributed by atoms with Crippen LogP contribution in [0.15, 0.2) is 35.9 Å². The first kappa shape index (κ1) is 17.1. The number of allylic oxidation sites excluding steroid dienone is 1. The third-order valence-electron chi connectivity index (χ3n) is 6.62. The summed E-state index contributed by atoms with van der Waals surface area (Å²) in [6.45, 7) is 2.14. The Morgan fingerprint density at radius 2 is 1.58 bits per heavy atom. The zero-order chi connectivity index (χ0) is 18.3. The zero-order valence-electron chi connectivity index (χ0n) is 15.3. The van der Waals surface area contributed by atoms with Gasteiger partial charge in [-0.3, -0.25) is 4.79 Å². The van der Waals surface area contributed by atoms with Gasteiger partial charge in [-0.25, -0.2) is 4.79 Å². The van der Waals surface area contributed by atoms with E-state index in [-0.39, 0.29) is 11.3 Å². The highest BCUT2D eigenvalue weighted by atomic mass is 16.2. The summed E-state index contributed by atoms with van der Waals surface area (Å²) in [7, 11) is 0. The van der Waals surface area contributed by atoms with E-state index in [0.717, 1.165) is 17.8 Å². The van der Waals surface area contributed by atoms with Crippen molar-refractivity contribution in [2.45, 2.75) is 45.4 Å². The van der Waals surface area contributed by atoms with E-state index in [1.807, 2.05) is 0 Å². The van der Waals surface area contributed by atoms with Crippen LogP contribution in [-0.4, -0.2) is 11.9 Å². The Hall–Kier alpha value is -2.30. The molecule has 0 spiro atoms. The van der Waals surface area contributed by atoms with E-state index in [9.17, 15) is 9.59 Å². The van der Waals surface area contributed by atoms with Gasteiger partial charge < -0.3 is 16.4 Å². The summed E-state index contributed by atoms with van der Waals surface area (Å²) in [5.41, 5.74) is 7.84. The lowest BCUT2D eigenvalue weighted by molar-refractivity contribution is -0.112. The van der Waals surface area contributed by atoms with E-state index in [4.69, 9.17) is 5.73 Å². The molecular formula is C21H27N3O2. The highest BCUT2D eigenvalue weighted by molar-refractivity contribution is 6.00. The molecule has 0 heterocycles. The van der Waals surface area contributed by atoms with Gasteiger partial charge >= 0.3 is 6.03 Å². The van der Waals surface area contributed by atoms with Crippen LogP contribution in [0.25, 0.3) is 0 Å². The Morgan fingerprint density at radius 3 is 2.12 bits per heavy atom. The number of primary amides is 1. The molecule has 0 aromatic heterocycles. The number of anilines is 2. The molecule has 4 fully saturated rings. The van der Waals surface area contributed by atoms with Gasteiger partial charge in [0.2, 0.25) is 5.91 Å². The van der Waals surface area contributed by atoms with Crippen molar-refractivity contribution in [3.8, 4) is 0 Å². The van der Waals surface area contributed by atoms with Crippen molar-refractivity contribution < 1.29 is 9.59 Å². The molecule has 4 bridgehead atoms. The molecule has 5 nitrogen and oxygen atoms in total. The number of hydrogen-bond acceptors (Lipinski definition) is 2. The average molecular weight is 353 g/mol. The predicted octanol–water partition coefficient (Wildman–Crippen LogP) is 4.28. The molecule has 138 valence electrons. The number of urea groups is 1. The van der Waals surface area contributed by atoms with E-state index in [0.29, 0.717) is 11.4 Å². The first-order valence-electron chi connectivity index (χ1n) is 9.58. The fourth-order valence-corrected chi connectivity index (χ4v) is 5.94. The van der Waals surface area contributed by atoms with Crippen LogP contribution in [0.3, 0.4) is 0 Å². The van der Waals surface area contributed by atoms with Gasteiger partial charge in [0, 0.05) is 17.5 Å². The lowest BCUT2D eigenvalue weighted by Crippen LogP contribution is -2.46. The average Bonchev–Trinajstić information content (AvgIpc) is 2.53. The normalized spacial score (nSPS) is 32.3. The Balaban J connectivity index is 1.46. The standard InChI is InChI=1S/C21H27N3O2/c1-13(21-10-14-6-15(11-21)8-16(7-14)12-21)5-19(25)23-17-3-2-4-18(9-17)24-20(22)26/h2-5,9,14-16H,6-8,10-12H2,1H3,(H,23,25)(H3,22,24,26)/b13-5+. The molecule has 4 saturated carbocycles. The summed E-state index contributed by atoms with van der Waals surface area (Å²) in [6, 6.07) is 6.40. The van der Waals surface area contributed by atoms with Crippen molar-refractivity contribution in [1.82, 2.24) is 0 Å². The third kappa shape index (κ3) is 3.35. The smallest absolute Gasteiger partial charge is 0.316 e. The third-order valence-corrected chi connectivity index (χ3v) is 6.62. The minimum Gasteiger partial charge on any atom is -0.351 e. The molecule has 1 aromatic rings. The molecule has 0 unspecified atom stereocenters. The van der Waals surface area contributed by atoms with Crippen molar-refractivity contribution in [2.24, 2.45) is 28.9 Å². The Kier molecular flexibility index (Phi) is 4.25. The van der Waals surface area contributed by atoms with Crippen molar-refractivity contribution in [1.29, 1.82) is 0 Å². The Morgan fingerprint density at radius 1 is 1.04 bits per heavy atom. The van der Waals surface area contributed by atoms with Crippen LogP contribution in [0.1, 0.15) is 45.4 Å². The second-order valence-corrected chi connectivity index (χ2v) is 8.58. The molecule has 5 heteroatoms. The largest absolute Gasteiger partial charge is 0.351 e. The van der Waals surface area contributed by atoms with Crippen molar-refractivity contribution in [2.75, 3.05) is 10.6 Å². The molecule has 4 aliphatic carbocycles. The SMILES string of the molecule is C/C(=C\C(=O)Nc1cccc(NC(N)=O)c1)C12CC3CC(CC(C3)C1)C2. The van der Waals surface area contributed by atoms with Crippen LogP contribution in [-0.2, 0) is 4.79 Å². The quantitative estimate of drug-likeness (QED) is 0.706. The monoisotopic (exact) mass is 353 g/mol. The number of benzene rings is 1. The predicted molar refractivity (Wildman–Crippen MR) is 103 cm³/mol. The maximum Gasteiger partial charge on any atom is 0.316 e. The molecule has 0 aliphatic heterocycles. The van der Waals surface area contributed by atoms with E-state index in [1.165, 1.54) is 44.1 Å². The van der Waals surface area contributed by atoms with Gasteiger partial charge in [-0.2, -0.15) is 0 Å². The van der Waals surface area contributed by atoms with E-state index < -0.39 is 6.03 Å². The second kappa shape index (κ2) is 6.45. The van der Waals surface area contributed by atoms with Crippen LogP contribution in [0.4, 0.5) is 16.2 Å². The first-order chi connectivity index (χ1) is 12.4. The number of carbonyl (C=O) groups excluding carboxylic acids is 2. The van der Waals surface area contributed by atoms with Crippen LogP contribution < -0.4 is 16.4 Å². The molecule has 0 atom stereocenters. The Labute approximate surface area is 154 Å². The number of carbonyl (C=O) groups is 2.